The smallest absolute Gasteiger partial charge is 0.408 e. The second-order valence-electron chi connectivity index (χ2n) is 10.6. The summed E-state index contributed by atoms with van der Waals surface area (Å²) in [6.45, 7) is 11.5. The Hall–Kier alpha value is -2.83. The second-order valence-corrected chi connectivity index (χ2v) is 10.6. The maximum absolute atomic E-state index is 13.7. The number of unbranched alkanes of at least 4 members (excludes halogenated alkanes) is 3. The fourth-order valence-electron chi connectivity index (χ4n) is 4.53. The van der Waals surface area contributed by atoms with E-state index in [0.29, 0.717) is 6.54 Å². The minimum atomic E-state index is -0.790. The maximum atomic E-state index is 13.7. The van der Waals surface area contributed by atoms with Crippen molar-refractivity contribution < 1.29 is 19.1 Å². The average molecular weight is 500 g/mol. The van der Waals surface area contributed by atoms with Gasteiger partial charge in [-0.3, -0.25) is 9.59 Å². The van der Waals surface area contributed by atoms with Crippen LogP contribution < -0.4 is 10.6 Å². The number of nitrogens with zero attached hydrogens (tertiary/aromatic N) is 1. The number of benzene rings is 1. The van der Waals surface area contributed by atoms with Crippen LogP contribution in [-0.2, 0) is 14.3 Å². The van der Waals surface area contributed by atoms with E-state index in [2.05, 4.69) is 24.1 Å². The molecule has 0 spiro atoms. The Morgan fingerprint density at radius 2 is 1.86 bits per heavy atom. The molecule has 0 radical (unpaired) electrons. The summed E-state index contributed by atoms with van der Waals surface area (Å²) in [5, 5.41) is 5.79. The Morgan fingerprint density at radius 1 is 1.14 bits per heavy atom. The number of alkyl carbamates (subject to hydrolysis) is 1. The van der Waals surface area contributed by atoms with E-state index >= 15 is 0 Å². The third-order valence-corrected chi connectivity index (χ3v) is 6.33. The van der Waals surface area contributed by atoms with Gasteiger partial charge >= 0.3 is 6.09 Å². The summed E-state index contributed by atoms with van der Waals surface area (Å²) in [6, 6.07) is 6.92. The molecule has 1 aromatic rings. The lowest BCUT2D eigenvalue weighted by atomic mass is 9.94. The molecule has 3 amide bonds. The lowest BCUT2D eigenvalue weighted by molar-refractivity contribution is -0.140. The summed E-state index contributed by atoms with van der Waals surface area (Å²) >= 11 is 0. The predicted molar refractivity (Wildman–Crippen MR) is 144 cm³/mol. The van der Waals surface area contributed by atoms with E-state index in [4.69, 9.17) is 4.74 Å². The zero-order valence-electron chi connectivity index (χ0n) is 22.6. The molecule has 1 atom stereocenters. The first kappa shape index (κ1) is 29.4. The van der Waals surface area contributed by atoms with Crippen molar-refractivity contribution in [3.8, 4) is 0 Å². The van der Waals surface area contributed by atoms with E-state index in [1.54, 1.807) is 31.7 Å². The number of nitrogens with one attached hydrogen (secondary N) is 2. The number of hydrogen-bond acceptors (Lipinski definition) is 4. The molecule has 1 aromatic carbocycles. The van der Waals surface area contributed by atoms with E-state index in [1.807, 2.05) is 24.3 Å². The van der Waals surface area contributed by atoms with Gasteiger partial charge in [-0.2, -0.15) is 0 Å². The standard InChI is InChI=1S/C29H45N3O4/c1-6-8-9-13-19-32(25(33)21-30-28(35)36-29(3,4)5)26(23-16-14-15-22(7-2)20-23)27(34)31-24-17-11-10-12-18-24/h7,14-16,20,24,26H,2,6,8-13,17-19,21H2,1,3-5H3,(H,30,35)(H,31,34). The van der Waals surface area contributed by atoms with Gasteiger partial charge in [0.15, 0.2) is 0 Å². The predicted octanol–water partition coefficient (Wildman–Crippen LogP) is 5.75. The van der Waals surface area contributed by atoms with Crippen LogP contribution in [0.5, 0.6) is 0 Å². The highest BCUT2D eigenvalue weighted by atomic mass is 16.6. The van der Waals surface area contributed by atoms with Crippen molar-refractivity contribution in [1.29, 1.82) is 0 Å². The number of carbonyl (C=O) groups excluding carboxylic acids is 3. The molecular weight excluding hydrogens is 454 g/mol. The molecule has 0 aromatic heterocycles. The van der Waals surface area contributed by atoms with Gasteiger partial charge in [-0.1, -0.05) is 76.3 Å². The van der Waals surface area contributed by atoms with Crippen molar-refractivity contribution in [3.05, 3.63) is 42.0 Å². The highest BCUT2D eigenvalue weighted by molar-refractivity contribution is 5.90. The normalized spacial score (nSPS) is 15.0. The van der Waals surface area contributed by atoms with E-state index in [0.717, 1.165) is 62.5 Å². The zero-order valence-corrected chi connectivity index (χ0v) is 22.6. The van der Waals surface area contributed by atoms with Crippen molar-refractivity contribution in [3.63, 3.8) is 0 Å². The Balaban J connectivity index is 2.31. The molecule has 1 aliphatic rings. The minimum absolute atomic E-state index is 0.119. The molecule has 200 valence electrons. The van der Waals surface area contributed by atoms with E-state index < -0.39 is 17.7 Å². The van der Waals surface area contributed by atoms with Crippen molar-refractivity contribution in [1.82, 2.24) is 15.5 Å². The first-order valence-corrected chi connectivity index (χ1v) is 13.4. The van der Waals surface area contributed by atoms with Crippen LogP contribution in [0.4, 0.5) is 4.79 Å². The average Bonchev–Trinajstić information content (AvgIpc) is 2.84. The van der Waals surface area contributed by atoms with E-state index in [-0.39, 0.29) is 24.4 Å². The monoisotopic (exact) mass is 499 g/mol. The van der Waals surface area contributed by atoms with Gasteiger partial charge in [0.1, 0.15) is 18.2 Å². The third kappa shape index (κ3) is 10.0. The Bertz CT molecular complexity index is 872. The molecule has 7 nitrogen and oxygen atoms in total. The highest BCUT2D eigenvalue weighted by Gasteiger charge is 2.33. The summed E-state index contributed by atoms with van der Waals surface area (Å²) in [7, 11) is 0. The third-order valence-electron chi connectivity index (χ3n) is 6.33. The number of ether oxygens (including phenoxy) is 1. The van der Waals surface area contributed by atoms with Crippen LogP contribution in [-0.4, -0.2) is 47.5 Å². The molecule has 1 fully saturated rings. The van der Waals surface area contributed by atoms with Crippen LogP contribution in [0.3, 0.4) is 0 Å². The lowest BCUT2D eigenvalue weighted by Gasteiger charge is -2.34. The summed E-state index contributed by atoms with van der Waals surface area (Å²) in [5.41, 5.74) is 0.954. The molecule has 7 heteroatoms. The van der Waals surface area contributed by atoms with Crippen LogP contribution in [0, 0.1) is 0 Å². The summed E-state index contributed by atoms with van der Waals surface area (Å²) in [5.74, 6) is -0.491. The maximum Gasteiger partial charge on any atom is 0.408 e. The van der Waals surface area contributed by atoms with Crippen LogP contribution in [0.15, 0.2) is 30.8 Å². The first-order chi connectivity index (χ1) is 17.1. The van der Waals surface area contributed by atoms with Gasteiger partial charge in [0.05, 0.1) is 0 Å². The van der Waals surface area contributed by atoms with Crippen molar-refractivity contribution >= 4 is 24.0 Å². The van der Waals surface area contributed by atoms with Crippen LogP contribution in [0.1, 0.15) is 103 Å². The van der Waals surface area contributed by atoms with Gasteiger partial charge in [-0.05, 0) is 57.2 Å². The zero-order chi connectivity index (χ0) is 26.6. The molecule has 0 saturated heterocycles. The molecule has 1 saturated carbocycles. The minimum Gasteiger partial charge on any atom is -0.444 e. The van der Waals surface area contributed by atoms with Crippen LogP contribution in [0.2, 0.25) is 0 Å². The van der Waals surface area contributed by atoms with Crippen LogP contribution >= 0.6 is 0 Å². The number of carbonyl (C=O) groups is 3. The van der Waals surface area contributed by atoms with Gasteiger partial charge in [-0.25, -0.2) is 4.79 Å². The number of rotatable bonds is 12. The quantitative estimate of drug-likeness (QED) is 0.358. The van der Waals surface area contributed by atoms with Gasteiger partial charge < -0.3 is 20.3 Å². The molecule has 0 heterocycles. The topological polar surface area (TPSA) is 87.7 Å². The van der Waals surface area contributed by atoms with Gasteiger partial charge in [0.25, 0.3) is 0 Å². The second kappa shape index (κ2) is 14.7. The fraction of sp³-hybridized carbons (Fsp3) is 0.621. The van der Waals surface area contributed by atoms with Crippen molar-refractivity contribution in [2.24, 2.45) is 0 Å². The first-order valence-electron chi connectivity index (χ1n) is 13.4. The molecule has 0 aliphatic heterocycles. The Morgan fingerprint density at radius 3 is 2.50 bits per heavy atom. The Labute approximate surface area is 217 Å². The van der Waals surface area contributed by atoms with Crippen molar-refractivity contribution in [2.75, 3.05) is 13.1 Å². The largest absolute Gasteiger partial charge is 0.444 e. The molecule has 2 N–H and O–H groups in total. The summed E-state index contributed by atoms with van der Waals surface area (Å²) in [6.07, 6.45) is 10.2. The fourth-order valence-corrected chi connectivity index (χ4v) is 4.53. The van der Waals surface area contributed by atoms with E-state index in [1.165, 1.54) is 6.42 Å². The molecule has 1 unspecified atom stereocenters. The Kier molecular flexibility index (Phi) is 12.0. The van der Waals surface area contributed by atoms with E-state index in [9.17, 15) is 14.4 Å². The molecule has 1 aliphatic carbocycles. The molecule has 0 bridgehead atoms. The summed E-state index contributed by atoms with van der Waals surface area (Å²) in [4.78, 5) is 41.1. The van der Waals surface area contributed by atoms with Gasteiger partial charge in [0.2, 0.25) is 11.8 Å². The molecule has 2 rings (SSSR count). The molecular formula is C29H45N3O4. The number of hydrogen-bond donors (Lipinski definition) is 2. The molecule has 36 heavy (non-hydrogen) atoms. The van der Waals surface area contributed by atoms with Gasteiger partial charge in [-0.15, -0.1) is 0 Å². The van der Waals surface area contributed by atoms with Crippen LogP contribution in [0.25, 0.3) is 6.08 Å². The highest BCUT2D eigenvalue weighted by Crippen LogP contribution is 2.26. The number of amides is 3. The lowest BCUT2D eigenvalue weighted by Crippen LogP contribution is -2.50. The van der Waals surface area contributed by atoms with Crippen molar-refractivity contribution in [2.45, 2.75) is 103 Å². The SMILES string of the molecule is C=Cc1cccc(C(C(=O)NC2CCCCC2)N(CCCCCC)C(=O)CNC(=O)OC(C)(C)C)c1. The van der Waals surface area contributed by atoms with Gasteiger partial charge in [0, 0.05) is 12.6 Å². The summed E-state index contributed by atoms with van der Waals surface area (Å²) < 4.78 is 5.29.